The lowest BCUT2D eigenvalue weighted by Crippen LogP contribution is -3.07. The van der Waals surface area contributed by atoms with Crippen LogP contribution in [0.2, 0.25) is 0 Å². The van der Waals surface area contributed by atoms with Crippen LogP contribution in [-0.4, -0.2) is 38.1 Å². The molecule has 4 nitrogen and oxygen atoms in total. The molecule has 1 aromatic heterocycles. The van der Waals surface area contributed by atoms with Crippen LogP contribution in [0.5, 0.6) is 0 Å². The summed E-state index contributed by atoms with van der Waals surface area (Å²) in [5, 5.41) is 3.78. The van der Waals surface area contributed by atoms with Crippen LogP contribution >= 0.6 is 0 Å². The summed E-state index contributed by atoms with van der Waals surface area (Å²) in [6.07, 6.45) is 0.754. The maximum atomic E-state index is 13.9. The molecule has 6 heteroatoms. The number of nitrogens with one attached hydrogen (secondary N) is 3. The van der Waals surface area contributed by atoms with Gasteiger partial charge in [-0.3, -0.25) is 4.79 Å². The van der Waals surface area contributed by atoms with Gasteiger partial charge in [-0.1, -0.05) is 13.8 Å². The highest BCUT2D eigenvalue weighted by Gasteiger charge is 2.22. The van der Waals surface area contributed by atoms with Crippen LogP contribution in [0.15, 0.2) is 42.5 Å². The first kappa shape index (κ1) is 22.0. The van der Waals surface area contributed by atoms with E-state index < -0.39 is 0 Å². The zero-order valence-corrected chi connectivity index (χ0v) is 18.0. The van der Waals surface area contributed by atoms with Crippen molar-refractivity contribution in [2.45, 2.75) is 26.7 Å². The zero-order valence-electron chi connectivity index (χ0n) is 18.0. The van der Waals surface area contributed by atoms with E-state index in [9.17, 15) is 13.6 Å². The van der Waals surface area contributed by atoms with Gasteiger partial charge in [0.25, 0.3) is 0 Å². The topological polar surface area (TPSA) is 49.3 Å². The van der Waals surface area contributed by atoms with Crippen molar-refractivity contribution in [3.05, 3.63) is 59.7 Å². The van der Waals surface area contributed by atoms with Gasteiger partial charge >= 0.3 is 0 Å². The van der Waals surface area contributed by atoms with Crippen molar-refractivity contribution >= 4 is 16.8 Å². The van der Waals surface area contributed by atoms with Gasteiger partial charge in [0.2, 0.25) is 5.91 Å². The van der Waals surface area contributed by atoms with Gasteiger partial charge in [-0.15, -0.1) is 0 Å². The number of hydrogen-bond acceptors (Lipinski definition) is 1. The monoisotopic (exact) mass is 414 g/mol. The maximum Gasteiger partial charge on any atom is 0.220 e. The number of H-pyrrole nitrogens is 1. The Bertz CT molecular complexity index is 1020. The summed E-state index contributed by atoms with van der Waals surface area (Å²) >= 11 is 0. The smallest absolute Gasteiger partial charge is 0.220 e. The molecule has 0 aliphatic carbocycles. The standard InChI is InChI=1S/C24H29F2N3O/c1-24(2,15-29(3)4)14-27-22(30)12-10-19-20-13-18(26)9-11-21(20)28-23(19)16-5-7-17(25)8-6-16/h5-9,11,13,28H,10,12,14-15H2,1-4H3,(H,27,30)/p+1. The molecule has 3 rings (SSSR count). The van der Waals surface area contributed by atoms with E-state index in [0.717, 1.165) is 34.3 Å². The lowest BCUT2D eigenvalue weighted by molar-refractivity contribution is -0.865. The minimum absolute atomic E-state index is 0.00231. The van der Waals surface area contributed by atoms with E-state index in [0.29, 0.717) is 19.4 Å². The average Bonchev–Trinajstić information content (AvgIpc) is 3.02. The van der Waals surface area contributed by atoms with Crippen molar-refractivity contribution < 1.29 is 18.5 Å². The molecule has 2 aromatic carbocycles. The van der Waals surface area contributed by atoms with Crippen LogP contribution in [-0.2, 0) is 11.2 Å². The predicted octanol–water partition coefficient (Wildman–Crippen LogP) is 3.33. The third kappa shape index (κ3) is 5.45. The van der Waals surface area contributed by atoms with Gasteiger partial charge in [0, 0.05) is 35.0 Å². The van der Waals surface area contributed by atoms with Gasteiger partial charge in [0.15, 0.2) is 0 Å². The molecule has 160 valence electrons. The lowest BCUT2D eigenvalue weighted by Gasteiger charge is -2.26. The second-order valence-corrected chi connectivity index (χ2v) is 9.00. The molecule has 3 aromatic rings. The Morgan fingerprint density at radius 1 is 1.07 bits per heavy atom. The van der Waals surface area contributed by atoms with Crippen molar-refractivity contribution in [1.82, 2.24) is 10.3 Å². The van der Waals surface area contributed by atoms with E-state index in [4.69, 9.17) is 0 Å². The van der Waals surface area contributed by atoms with Crippen LogP contribution in [0, 0.1) is 17.0 Å². The zero-order chi connectivity index (χ0) is 21.9. The van der Waals surface area contributed by atoms with Crippen molar-refractivity contribution in [3.8, 4) is 11.3 Å². The molecule has 0 spiro atoms. The number of amides is 1. The summed E-state index contributed by atoms with van der Waals surface area (Å²) in [5.41, 5.74) is 3.25. The van der Waals surface area contributed by atoms with E-state index >= 15 is 0 Å². The van der Waals surface area contributed by atoms with E-state index in [2.05, 4.69) is 38.2 Å². The van der Waals surface area contributed by atoms with Crippen LogP contribution in [0.4, 0.5) is 8.78 Å². The molecule has 0 fully saturated rings. The third-order valence-electron chi connectivity index (χ3n) is 5.20. The molecule has 0 atom stereocenters. The number of fused-ring (bicyclic) bond motifs is 1. The molecule has 0 bridgehead atoms. The second kappa shape index (κ2) is 8.96. The lowest BCUT2D eigenvalue weighted by atomic mass is 9.93. The Labute approximate surface area is 176 Å². The van der Waals surface area contributed by atoms with E-state index in [-0.39, 0.29) is 23.0 Å². The Hall–Kier alpha value is -2.73. The van der Waals surface area contributed by atoms with Crippen LogP contribution < -0.4 is 10.2 Å². The third-order valence-corrected chi connectivity index (χ3v) is 5.20. The number of benzene rings is 2. The summed E-state index contributed by atoms with van der Waals surface area (Å²) in [6, 6.07) is 10.7. The fourth-order valence-electron chi connectivity index (χ4n) is 4.03. The molecule has 0 aliphatic rings. The number of halogens is 2. The molecule has 1 heterocycles. The number of rotatable bonds is 8. The predicted molar refractivity (Wildman–Crippen MR) is 116 cm³/mol. The van der Waals surface area contributed by atoms with Crippen molar-refractivity contribution in [2.75, 3.05) is 27.2 Å². The number of carbonyl (C=O) groups excluding carboxylic acids is 1. The first-order valence-electron chi connectivity index (χ1n) is 10.3. The minimum Gasteiger partial charge on any atom is -0.355 e. The van der Waals surface area contributed by atoms with E-state index in [1.54, 1.807) is 18.2 Å². The van der Waals surface area contributed by atoms with E-state index in [1.165, 1.54) is 29.2 Å². The molecule has 1 amide bonds. The fraction of sp³-hybridized carbons (Fsp3) is 0.375. The number of hydrogen-bond donors (Lipinski definition) is 3. The van der Waals surface area contributed by atoms with Gasteiger partial charge in [-0.25, -0.2) is 8.78 Å². The summed E-state index contributed by atoms with van der Waals surface area (Å²) in [7, 11) is 4.19. The first-order valence-corrected chi connectivity index (χ1v) is 10.3. The molecular weight excluding hydrogens is 384 g/mol. The Morgan fingerprint density at radius 3 is 2.40 bits per heavy atom. The Morgan fingerprint density at radius 2 is 1.73 bits per heavy atom. The van der Waals surface area contributed by atoms with Crippen molar-refractivity contribution in [1.29, 1.82) is 0 Å². The highest BCUT2D eigenvalue weighted by molar-refractivity contribution is 5.91. The van der Waals surface area contributed by atoms with Gasteiger partial charge in [0.1, 0.15) is 11.6 Å². The number of aromatic nitrogens is 1. The molecular formula is C24H30F2N3O+. The number of quaternary nitrogens is 1. The van der Waals surface area contributed by atoms with Crippen molar-refractivity contribution in [3.63, 3.8) is 0 Å². The SMILES string of the molecule is C[NH+](C)CC(C)(C)CNC(=O)CCc1c(-c2ccc(F)cc2)[nH]c2ccc(F)cc12. The van der Waals surface area contributed by atoms with Gasteiger partial charge in [0.05, 0.1) is 20.6 Å². The van der Waals surface area contributed by atoms with Gasteiger partial charge in [-0.2, -0.15) is 0 Å². The van der Waals surface area contributed by atoms with E-state index in [1.807, 2.05) is 0 Å². The fourth-order valence-corrected chi connectivity index (χ4v) is 4.03. The Kier molecular flexibility index (Phi) is 6.56. The quantitative estimate of drug-likeness (QED) is 0.520. The summed E-state index contributed by atoms with van der Waals surface area (Å²) < 4.78 is 27.3. The molecule has 0 saturated carbocycles. The largest absolute Gasteiger partial charge is 0.355 e. The number of aromatic amines is 1. The average molecular weight is 415 g/mol. The summed E-state index contributed by atoms with van der Waals surface area (Å²) in [5.74, 6) is -0.678. The van der Waals surface area contributed by atoms with Crippen molar-refractivity contribution in [2.24, 2.45) is 5.41 Å². The normalized spacial score (nSPS) is 12.0. The van der Waals surface area contributed by atoms with Gasteiger partial charge in [-0.05, 0) is 60.0 Å². The molecule has 0 unspecified atom stereocenters. The maximum absolute atomic E-state index is 13.9. The molecule has 3 N–H and O–H groups in total. The molecule has 0 radical (unpaired) electrons. The van der Waals surface area contributed by atoms with Crippen LogP contribution in [0.1, 0.15) is 25.8 Å². The molecule has 0 saturated heterocycles. The van der Waals surface area contributed by atoms with Crippen LogP contribution in [0.3, 0.4) is 0 Å². The molecule has 0 aliphatic heterocycles. The second-order valence-electron chi connectivity index (χ2n) is 9.00. The minimum atomic E-state index is -0.328. The number of aryl methyl sites for hydroxylation is 1. The summed E-state index contributed by atoms with van der Waals surface area (Å²) in [4.78, 5) is 17.2. The highest BCUT2D eigenvalue weighted by atomic mass is 19.1. The first-order chi connectivity index (χ1) is 14.1. The van der Waals surface area contributed by atoms with Gasteiger partial charge < -0.3 is 15.2 Å². The highest BCUT2D eigenvalue weighted by Crippen LogP contribution is 2.32. The summed E-state index contributed by atoms with van der Waals surface area (Å²) in [6.45, 7) is 5.82. The number of carbonyl (C=O) groups is 1. The Balaban J connectivity index is 1.79. The van der Waals surface area contributed by atoms with Crippen LogP contribution in [0.25, 0.3) is 22.2 Å². The molecule has 30 heavy (non-hydrogen) atoms.